The molecule has 0 aromatic heterocycles. The number of aliphatic hydroxyl groups excluding tert-OH is 1. The monoisotopic (exact) mass is 604 g/mol. The Morgan fingerprint density at radius 3 is 2.46 bits per heavy atom. The standard InChI is InChI=1S/C28H27BrCl2N2O4/c1-18-28(16-19-3-8-22(29)9-4-19,27(35)32-17-20-5-12-24(30)25(31)15-20)33-26(37-18)21-6-10-23(11-7-21)36-14-2-13-34/h3-12,15,18,34H,2,13-14,16-17H2,1H3,(H,32,35)/t18-,28-/m1/s1. The summed E-state index contributed by atoms with van der Waals surface area (Å²) in [6.45, 7) is 2.64. The third-order valence-corrected chi connectivity index (χ3v) is 7.42. The lowest BCUT2D eigenvalue weighted by Gasteiger charge is -2.28. The highest BCUT2D eigenvalue weighted by atomic mass is 79.9. The fraction of sp³-hybridized carbons (Fsp3) is 0.286. The minimum atomic E-state index is -1.17. The molecular formula is C28H27BrCl2N2O4. The van der Waals surface area contributed by atoms with Crippen LogP contribution >= 0.6 is 39.1 Å². The largest absolute Gasteiger partial charge is 0.494 e. The van der Waals surface area contributed by atoms with Gasteiger partial charge in [0.15, 0.2) is 5.54 Å². The van der Waals surface area contributed by atoms with Crippen molar-refractivity contribution in [2.45, 2.75) is 38.0 Å². The van der Waals surface area contributed by atoms with Gasteiger partial charge in [-0.1, -0.05) is 57.3 Å². The maximum absolute atomic E-state index is 13.7. The number of rotatable bonds is 10. The summed E-state index contributed by atoms with van der Waals surface area (Å²) in [7, 11) is 0. The van der Waals surface area contributed by atoms with E-state index in [1.165, 1.54) is 0 Å². The molecule has 0 spiro atoms. The van der Waals surface area contributed by atoms with Crippen LogP contribution in [0.1, 0.15) is 30.0 Å². The highest BCUT2D eigenvalue weighted by Crippen LogP contribution is 2.33. The minimum Gasteiger partial charge on any atom is -0.494 e. The predicted molar refractivity (Wildman–Crippen MR) is 150 cm³/mol. The lowest BCUT2D eigenvalue weighted by atomic mass is 9.86. The Morgan fingerprint density at radius 2 is 1.78 bits per heavy atom. The van der Waals surface area contributed by atoms with Crippen LogP contribution < -0.4 is 10.1 Å². The van der Waals surface area contributed by atoms with Gasteiger partial charge in [0.2, 0.25) is 5.90 Å². The molecule has 0 fully saturated rings. The first kappa shape index (κ1) is 27.5. The van der Waals surface area contributed by atoms with Gasteiger partial charge in [-0.15, -0.1) is 0 Å². The van der Waals surface area contributed by atoms with E-state index < -0.39 is 11.6 Å². The third-order valence-electron chi connectivity index (χ3n) is 6.15. The molecule has 9 heteroatoms. The van der Waals surface area contributed by atoms with Gasteiger partial charge in [-0.3, -0.25) is 4.79 Å². The Kier molecular flexibility index (Phi) is 9.13. The van der Waals surface area contributed by atoms with E-state index in [1.54, 1.807) is 12.1 Å². The van der Waals surface area contributed by atoms with Crippen LogP contribution in [-0.2, 0) is 22.5 Å². The minimum absolute atomic E-state index is 0.0776. The molecule has 1 aliphatic rings. The van der Waals surface area contributed by atoms with E-state index in [2.05, 4.69) is 21.2 Å². The van der Waals surface area contributed by atoms with Crippen LogP contribution in [0.25, 0.3) is 0 Å². The second kappa shape index (κ2) is 12.3. The molecule has 3 aromatic rings. The Morgan fingerprint density at radius 1 is 1.08 bits per heavy atom. The smallest absolute Gasteiger partial charge is 0.252 e. The summed E-state index contributed by atoms with van der Waals surface area (Å²) in [6, 6.07) is 20.4. The first-order chi connectivity index (χ1) is 17.8. The van der Waals surface area contributed by atoms with Gasteiger partial charge in [-0.25, -0.2) is 4.99 Å². The average Bonchev–Trinajstić information content (AvgIpc) is 3.23. The summed E-state index contributed by atoms with van der Waals surface area (Å²) < 4.78 is 12.7. The molecule has 0 unspecified atom stereocenters. The zero-order valence-electron chi connectivity index (χ0n) is 20.2. The van der Waals surface area contributed by atoms with Crippen molar-refractivity contribution in [2.75, 3.05) is 13.2 Å². The molecule has 1 aliphatic heterocycles. The molecule has 0 saturated carbocycles. The van der Waals surface area contributed by atoms with Crippen LogP contribution in [0.3, 0.4) is 0 Å². The lowest BCUT2D eigenvalue weighted by molar-refractivity contribution is -0.128. The van der Waals surface area contributed by atoms with E-state index in [-0.39, 0.29) is 19.1 Å². The molecule has 2 atom stereocenters. The molecule has 0 aliphatic carbocycles. The molecule has 3 aromatic carbocycles. The molecule has 4 rings (SSSR count). The molecule has 0 bridgehead atoms. The first-order valence-corrected chi connectivity index (χ1v) is 13.4. The topological polar surface area (TPSA) is 80.2 Å². The summed E-state index contributed by atoms with van der Waals surface area (Å²) >= 11 is 15.6. The summed E-state index contributed by atoms with van der Waals surface area (Å²) in [5.41, 5.74) is 1.36. The third kappa shape index (κ3) is 6.65. The van der Waals surface area contributed by atoms with Crippen LogP contribution in [0, 0.1) is 0 Å². The number of hydrogen-bond donors (Lipinski definition) is 2. The maximum Gasteiger partial charge on any atom is 0.252 e. The number of ether oxygens (including phenoxy) is 2. The van der Waals surface area contributed by atoms with Gasteiger partial charge in [0.1, 0.15) is 11.9 Å². The van der Waals surface area contributed by atoms with Gasteiger partial charge in [0.05, 0.1) is 16.7 Å². The lowest BCUT2D eigenvalue weighted by Crippen LogP contribution is -2.52. The van der Waals surface area contributed by atoms with Gasteiger partial charge in [0, 0.05) is 36.0 Å². The Hall–Kier alpha value is -2.58. The van der Waals surface area contributed by atoms with E-state index in [0.29, 0.717) is 41.1 Å². The Bertz CT molecular complexity index is 1270. The highest BCUT2D eigenvalue weighted by Gasteiger charge is 2.50. The number of halogens is 3. The number of aliphatic imine (C=N–C) groups is 1. The molecule has 1 heterocycles. The molecule has 0 radical (unpaired) electrons. The highest BCUT2D eigenvalue weighted by molar-refractivity contribution is 9.10. The van der Waals surface area contributed by atoms with Crippen molar-refractivity contribution in [1.29, 1.82) is 0 Å². The number of aliphatic hydroxyl groups is 1. The normalized spacial score (nSPS) is 18.7. The molecule has 2 N–H and O–H groups in total. The Labute approximate surface area is 234 Å². The number of carbonyl (C=O) groups excluding carboxylic acids is 1. The van der Waals surface area contributed by atoms with Crippen molar-refractivity contribution in [2.24, 2.45) is 4.99 Å². The number of amides is 1. The number of nitrogens with one attached hydrogen (secondary N) is 1. The molecule has 0 saturated heterocycles. The van der Waals surface area contributed by atoms with Crippen LogP contribution in [0.2, 0.25) is 10.0 Å². The first-order valence-electron chi connectivity index (χ1n) is 11.9. The molecule has 6 nitrogen and oxygen atoms in total. The number of nitrogens with zero attached hydrogens (tertiary/aromatic N) is 1. The van der Waals surface area contributed by atoms with E-state index in [0.717, 1.165) is 21.2 Å². The summed E-state index contributed by atoms with van der Waals surface area (Å²) in [5.74, 6) is 0.841. The van der Waals surface area contributed by atoms with Gasteiger partial charge in [0.25, 0.3) is 5.91 Å². The van der Waals surface area contributed by atoms with Gasteiger partial charge >= 0.3 is 0 Å². The van der Waals surface area contributed by atoms with E-state index in [9.17, 15) is 4.79 Å². The number of hydrogen-bond acceptors (Lipinski definition) is 5. The number of benzene rings is 3. The van der Waals surface area contributed by atoms with E-state index in [1.807, 2.05) is 61.5 Å². The SMILES string of the molecule is C[C@H]1OC(c2ccc(OCCCO)cc2)=N[C@@]1(Cc1ccc(Br)cc1)C(=O)NCc1ccc(Cl)c(Cl)c1. The Balaban J connectivity index is 1.60. The van der Waals surface area contributed by atoms with Crippen LogP contribution in [0.15, 0.2) is 76.2 Å². The van der Waals surface area contributed by atoms with Gasteiger partial charge < -0.3 is 19.9 Å². The van der Waals surface area contributed by atoms with Crippen LogP contribution in [-0.4, -0.2) is 41.8 Å². The van der Waals surface area contributed by atoms with Crippen molar-refractivity contribution >= 4 is 50.9 Å². The second-order valence-corrected chi connectivity index (χ2v) is 10.5. The van der Waals surface area contributed by atoms with E-state index >= 15 is 0 Å². The number of carbonyl (C=O) groups is 1. The van der Waals surface area contributed by atoms with Crippen molar-refractivity contribution in [3.8, 4) is 5.75 Å². The fourth-order valence-corrected chi connectivity index (χ4v) is 4.63. The summed E-state index contributed by atoms with van der Waals surface area (Å²) in [4.78, 5) is 18.6. The van der Waals surface area contributed by atoms with Crippen LogP contribution in [0.4, 0.5) is 0 Å². The quantitative estimate of drug-likeness (QED) is 0.279. The second-order valence-electron chi connectivity index (χ2n) is 8.79. The predicted octanol–water partition coefficient (Wildman–Crippen LogP) is 5.98. The zero-order valence-corrected chi connectivity index (χ0v) is 23.3. The van der Waals surface area contributed by atoms with Crippen molar-refractivity contribution in [1.82, 2.24) is 5.32 Å². The maximum atomic E-state index is 13.7. The molecule has 194 valence electrons. The molecule has 1 amide bonds. The molecule has 37 heavy (non-hydrogen) atoms. The summed E-state index contributed by atoms with van der Waals surface area (Å²) in [6.07, 6.45) is 0.409. The summed E-state index contributed by atoms with van der Waals surface area (Å²) in [5, 5.41) is 12.8. The fourth-order valence-electron chi connectivity index (χ4n) is 4.04. The molecular weight excluding hydrogens is 579 g/mol. The van der Waals surface area contributed by atoms with Gasteiger partial charge in [-0.05, 0) is 66.6 Å². The van der Waals surface area contributed by atoms with Crippen molar-refractivity contribution in [3.63, 3.8) is 0 Å². The zero-order chi connectivity index (χ0) is 26.4. The van der Waals surface area contributed by atoms with Crippen molar-refractivity contribution < 1.29 is 19.4 Å². The van der Waals surface area contributed by atoms with Crippen molar-refractivity contribution in [3.05, 3.63) is 97.9 Å². The van der Waals surface area contributed by atoms with Crippen LogP contribution in [0.5, 0.6) is 5.75 Å². The average molecular weight is 606 g/mol. The van der Waals surface area contributed by atoms with E-state index in [4.69, 9.17) is 42.8 Å². The van der Waals surface area contributed by atoms with Gasteiger partial charge in [-0.2, -0.15) is 0 Å².